The zero-order valence-electron chi connectivity index (χ0n) is 13.5. The number of halogens is 1. The zero-order valence-corrected chi connectivity index (χ0v) is 14.3. The SMILES string of the molecule is CC(c1cccc(Cl)c1)N(C)CCCCNC(C)(C)C. The molecule has 0 aliphatic heterocycles. The summed E-state index contributed by atoms with van der Waals surface area (Å²) in [6.45, 7) is 11.1. The fourth-order valence-corrected chi connectivity index (χ4v) is 2.36. The van der Waals surface area contributed by atoms with Crippen molar-refractivity contribution in [1.29, 1.82) is 0 Å². The molecule has 20 heavy (non-hydrogen) atoms. The smallest absolute Gasteiger partial charge is 0.0409 e. The van der Waals surface area contributed by atoms with E-state index in [9.17, 15) is 0 Å². The number of hydrogen-bond donors (Lipinski definition) is 1. The van der Waals surface area contributed by atoms with E-state index in [-0.39, 0.29) is 5.54 Å². The molecule has 3 heteroatoms. The van der Waals surface area contributed by atoms with Crippen molar-refractivity contribution in [3.05, 3.63) is 34.9 Å². The molecule has 0 aromatic heterocycles. The minimum atomic E-state index is 0.222. The average molecular weight is 297 g/mol. The third-order valence-corrected chi connectivity index (χ3v) is 3.82. The van der Waals surface area contributed by atoms with Gasteiger partial charge in [0, 0.05) is 16.6 Å². The van der Waals surface area contributed by atoms with Crippen LogP contribution < -0.4 is 5.32 Å². The summed E-state index contributed by atoms with van der Waals surface area (Å²) < 4.78 is 0. The van der Waals surface area contributed by atoms with Crippen LogP contribution in [0, 0.1) is 0 Å². The van der Waals surface area contributed by atoms with Crippen LogP contribution in [0.1, 0.15) is 52.1 Å². The van der Waals surface area contributed by atoms with Crippen LogP contribution in [0.5, 0.6) is 0 Å². The van der Waals surface area contributed by atoms with Crippen LogP contribution in [0.3, 0.4) is 0 Å². The Morgan fingerprint density at radius 1 is 1.25 bits per heavy atom. The molecule has 0 radical (unpaired) electrons. The number of rotatable bonds is 7. The lowest BCUT2D eigenvalue weighted by Crippen LogP contribution is -2.36. The van der Waals surface area contributed by atoms with Gasteiger partial charge in [-0.3, -0.25) is 4.90 Å². The van der Waals surface area contributed by atoms with Crippen LogP contribution >= 0.6 is 11.6 Å². The summed E-state index contributed by atoms with van der Waals surface area (Å²) in [6.07, 6.45) is 2.42. The molecule has 1 aromatic carbocycles. The summed E-state index contributed by atoms with van der Waals surface area (Å²) >= 11 is 6.06. The van der Waals surface area contributed by atoms with E-state index in [0.717, 1.165) is 18.1 Å². The molecule has 0 aliphatic carbocycles. The Balaban J connectivity index is 2.30. The largest absolute Gasteiger partial charge is 0.312 e. The van der Waals surface area contributed by atoms with Crippen molar-refractivity contribution in [2.24, 2.45) is 0 Å². The number of benzene rings is 1. The number of nitrogens with zero attached hydrogens (tertiary/aromatic N) is 1. The van der Waals surface area contributed by atoms with Crippen LogP contribution in [-0.4, -0.2) is 30.6 Å². The first-order valence-corrected chi connectivity index (χ1v) is 7.88. The maximum Gasteiger partial charge on any atom is 0.0409 e. The Hall–Kier alpha value is -0.570. The zero-order chi connectivity index (χ0) is 15.2. The number of hydrogen-bond acceptors (Lipinski definition) is 2. The van der Waals surface area contributed by atoms with Crippen LogP contribution in [-0.2, 0) is 0 Å². The molecule has 0 heterocycles. The predicted octanol–water partition coefficient (Wildman–Crippen LogP) is 4.50. The molecule has 1 atom stereocenters. The van der Waals surface area contributed by atoms with Crippen molar-refractivity contribution in [3.63, 3.8) is 0 Å². The van der Waals surface area contributed by atoms with E-state index >= 15 is 0 Å². The third kappa shape index (κ3) is 6.74. The molecule has 2 nitrogen and oxygen atoms in total. The van der Waals surface area contributed by atoms with Crippen molar-refractivity contribution in [2.45, 2.75) is 52.1 Å². The quantitative estimate of drug-likeness (QED) is 0.745. The summed E-state index contributed by atoms with van der Waals surface area (Å²) in [5.74, 6) is 0. The van der Waals surface area contributed by atoms with Gasteiger partial charge in [-0.25, -0.2) is 0 Å². The van der Waals surface area contributed by atoms with E-state index in [1.165, 1.54) is 18.4 Å². The lowest BCUT2D eigenvalue weighted by atomic mass is 10.1. The molecule has 0 saturated carbocycles. The molecule has 0 saturated heterocycles. The summed E-state index contributed by atoms with van der Waals surface area (Å²) in [4.78, 5) is 2.39. The molecule has 0 aliphatic rings. The first-order chi connectivity index (χ1) is 9.29. The van der Waals surface area contributed by atoms with E-state index in [1.54, 1.807) is 0 Å². The second kappa shape index (κ2) is 8.02. The molecule has 1 aromatic rings. The first kappa shape index (κ1) is 17.5. The molecule has 1 rings (SSSR count). The highest BCUT2D eigenvalue weighted by molar-refractivity contribution is 6.30. The van der Waals surface area contributed by atoms with E-state index in [1.807, 2.05) is 12.1 Å². The Morgan fingerprint density at radius 2 is 1.95 bits per heavy atom. The molecule has 0 fully saturated rings. The summed E-state index contributed by atoms with van der Waals surface area (Å²) in [6, 6.07) is 8.56. The lowest BCUT2D eigenvalue weighted by Gasteiger charge is -2.26. The molecule has 114 valence electrons. The van der Waals surface area contributed by atoms with Gasteiger partial charge in [-0.2, -0.15) is 0 Å². The van der Waals surface area contributed by atoms with Gasteiger partial charge in [0.05, 0.1) is 0 Å². The van der Waals surface area contributed by atoms with Crippen molar-refractivity contribution >= 4 is 11.6 Å². The average Bonchev–Trinajstić information content (AvgIpc) is 2.36. The van der Waals surface area contributed by atoms with E-state index < -0.39 is 0 Å². The second-order valence-electron chi connectivity index (χ2n) is 6.60. The Labute approximate surface area is 129 Å². The van der Waals surface area contributed by atoms with Gasteiger partial charge in [-0.1, -0.05) is 23.7 Å². The van der Waals surface area contributed by atoms with Crippen molar-refractivity contribution < 1.29 is 0 Å². The monoisotopic (exact) mass is 296 g/mol. The summed E-state index contributed by atoms with van der Waals surface area (Å²) in [5, 5.41) is 4.34. The number of nitrogens with one attached hydrogen (secondary N) is 1. The van der Waals surface area contributed by atoms with Crippen LogP contribution in [0.2, 0.25) is 5.02 Å². The highest BCUT2D eigenvalue weighted by Crippen LogP contribution is 2.21. The lowest BCUT2D eigenvalue weighted by molar-refractivity contribution is 0.254. The van der Waals surface area contributed by atoms with Crippen molar-refractivity contribution in [1.82, 2.24) is 10.2 Å². The summed E-state index contributed by atoms with van der Waals surface area (Å²) in [5.41, 5.74) is 1.51. The highest BCUT2D eigenvalue weighted by Gasteiger charge is 2.12. The minimum absolute atomic E-state index is 0.222. The van der Waals surface area contributed by atoms with Gasteiger partial charge in [-0.05, 0) is 78.4 Å². The minimum Gasteiger partial charge on any atom is -0.312 e. The Kier molecular flexibility index (Phi) is 7.01. The fraction of sp³-hybridized carbons (Fsp3) is 0.647. The number of unbranched alkanes of at least 4 members (excludes halogenated alkanes) is 1. The molecule has 0 spiro atoms. The maximum absolute atomic E-state index is 6.06. The first-order valence-electron chi connectivity index (χ1n) is 7.50. The molecule has 0 amide bonds. The van der Waals surface area contributed by atoms with E-state index in [0.29, 0.717) is 6.04 Å². The Morgan fingerprint density at radius 3 is 2.55 bits per heavy atom. The highest BCUT2D eigenvalue weighted by atomic mass is 35.5. The van der Waals surface area contributed by atoms with Gasteiger partial charge in [0.15, 0.2) is 0 Å². The van der Waals surface area contributed by atoms with E-state index in [2.05, 4.69) is 57.1 Å². The van der Waals surface area contributed by atoms with Gasteiger partial charge in [0.1, 0.15) is 0 Å². The predicted molar refractivity (Wildman–Crippen MR) is 89.5 cm³/mol. The van der Waals surface area contributed by atoms with Crippen molar-refractivity contribution in [2.75, 3.05) is 20.1 Å². The maximum atomic E-state index is 6.06. The van der Waals surface area contributed by atoms with Gasteiger partial charge in [-0.15, -0.1) is 0 Å². The molecule has 1 unspecified atom stereocenters. The molecular weight excluding hydrogens is 268 g/mol. The Bertz CT molecular complexity index is 398. The third-order valence-electron chi connectivity index (χ3n) is 3.59. The molecule has 1 N–H and O–H groups in total. The molecular formula is C17H29ClN2. The fourth-order valence-electron chi connectivity index (χ4n) is 2.16. The molecule has 0 bridgehead atoms. The van der Waals surface area contributed by atoms with Gasteiger partial charge < -0.3 is 5.32 Å². The van der Waals surface area contributed by atoms with Crippen LogP contribution in [0.15, 0.2) is 24.3 Å². The van der Waals surface area contributed by atoms with Crippen molar-refractivity contribution in [3.8, 4) is 0 Å². The van der Waals surface area contributed by atoms with Gasteiger partial charge >= 0.3 is 0 Å². The van der Waals surface area contributed by atoms with E-state index in [4.69, 9.17) is 11.6 Å². The normalized spacial score (nSPS) is 13.8. The van der Waals surface area contributed by atoms with Gasteiger partial charge in [0.2, 0.25) is 0 Å². The van der Waals surface area contributed by atoms with Crippen LogP contribution in [0.4, 0.5) is 0 Å². The summed E-state index contributed by atoms with van der Waals surface area (Å²) in [7, 11) is 2.18. The standard InChI is InChI=1S/C17H29ClN2/c1-14(15-9-8-10-16(18)13-15)20(5)12-7-6-11-19-17(2,3)4/h8-10,13-14,19H,6-7,11-12H2,1-5H3. The topological polar surface area (TPSA) is 15.3 Å². The second-order valence-corrected chi connectivity index (χ2v) is 7.03. The van der Waals surface area contributed by atoms with Gasteiger partial charge in [0.25, 0.3) is 0 Å². The van der Waals surface area contributed by atoms with Crippen LogP contribution in [0.25, 0.3) is 0 Å².